The zero-order valence-electron chi connectivity index (χ0n) is 10.6. The molecule has 0 aliphatic carbocycles. The second-order valence-electron chi connectivity index (χ2n) is 3.97. The second-order valence-corrected chi connectivity index (χ2v) is 5.24. The van der Waals surface area contributed by atoms with E-state index in [0.717, 1.165) is 19.5 Å². The van der Waals surface area contributed by atoms with Gasteiger partial charge in [0.2, 0.25) is 0 Å². The number of nitrogens with two attached hydrogens (primary N) is 1. The van der Waals surface area contributed by atoms with Crippen LogP contribution in [0.5, 0.6) is 0 Å². The molecule has 4 nitrogen and oxygen atoms in total. The van der Waals surface area contributed by atoms with Gasteiger partial charge in [-0.1, -0.05) is 19.0 Å². The number of hydrogen-bond acceptors (Lipinski definition) is 4. The highest BCUT2D eigenvalue weighted by Gasteiger charge is 2.23. The Kier molecular flexibility index (Phi) is 8.47. The lowest BCUT2D eigenvalue weighted by Gasteiger charge is -2.30. The Balaban J connectivity index is 3.71. The fourth-order valence-electron chi connectivity index (χ4n) is 1.62. The van der Waals surface area contributed by atoms with Gasteiger partial charge < -0.3 is 16.3 Å². The SMILES string of the molecule is CCC(CC)(CNCCCC(N)=NO)SC. The van der Waals surface area contributed by atoms with Crippen molar-refractivity contribution in [3.63, 3.8) is 0 Å². The first-order valence-corrected chi connectivity index (χ1v) is 7.08. The molecule has 0 aliphatic rings. The van der Waals surface area contributed by atoms with Crippen LogP contribution < -0.4 is 11.1 Å². The van der Waals surface area contributed by atoms with Gasteiger partial charge in [0.05, 0.1) is 0 Å². The van der Waals surface area contributed by atoms with Crippen LogP contribution in [0.15, 0.2) is 5.16 Å². The van der Waals surface area contributed by atoms with Gasteiger partial charge in [0.1, 0.15) is 5.84 Å². The van der Waals surface area contributed by atoms with E-state index in [1.54, 1.807) is 0 Å². The molecule has 16 heavy (non-hydrogen) atoms. The lowest BCUT2D eigenvalue weighted by molar-refractivity contribution is 0.316. The van der Waals surface area contributed by atoms with Gasteiger partial charge in [-0.15, -0.1) is 0 Å². The number of hydrogen-bond donors (Lipinski definition) is 3. The maximum absolute atomic E-state index is 8.37. The summed E-state index contributed by atoms with van der Waals surface area (Å²) in [5.74, 6) is 0.309. The number of rotatable bonds is 9. The number of oxime groups is 1. The summed E-state index contributed by atoms with van der Waals surface area (Å²) in [6, 6.07) is 0. The Morgan fingerprint density at radius 3 is 2.50 bits per heavy atom. The second kappa shape index (κ2) is 8.70. The fraction of sp³-hybridized carbons (Fsp3) is 0.909. The van der Waals surface area contributed by atoms with Gasteiger partial charge in [-0.3, -0.25) is 0 Å². The normalized spacial score (nSPS) is 13.1. The van der Waals surface area contributed by atoms with Gasteiger partial charge in [0.15, 0.2) is 0 Å². The van der Waals surface area contributed by atoms with Crippen LogP contribution in [0.1, 0.15) is 39.5 Å². The number of thioether (sulfide) groups is 1. The van der Waals surface area contributed by atoms with Gasteiger partial charge in [-0.25, -0.2) is 0 Å². The maximum Gasteiger partial charge on any atom is 0.139 e. The quantitative estimate of drug-likeness (QED) is 0.192. The smallest absolute Gasteiger partial charge is 0.139 e. The zero-order valence-corrected chi connectivity index (χ0v) is 11.4. The third-order valence-electron chi connectivity index (χ3n) is 3.08. The first-order chi connectivity index (χ1) is 7.64. The summed E-state index contributed by atoms with van der Waals surface area (Å²) in [6.45, 7) is 6.41. The van der Waals surface area contributed by atoms with E-state index in [9.17, 15) is 0 Å². The number of nitrogens with one attached hydrogen (secondary N) is 1. The van der Waals surface area contributed by atoms with Crippen molar-refractivity contribution in [2.24, 2.45) is 10.9 Å². The lowest BCUT2D eigenvalue weighted by atomic mass is 10.0. The lowest BCUT2D eigenvalue weighted by Crippen LogP contribution is -2.37. The van der Waals surface area contributed by atoms with Crippen LogP contribution in [0.2, 0.25) is 0 Å². The van der Waals surface area contributed by atoms with Crippen LogP contribution in [0.4, 0.5) is 0 Å². The molecule has 0 saturated heterocycles. The fourth-order valence-corrected chi connectivity index (χ4v) is 2.45. The highest BCUT2D eigenvalue weighted by Crippen LogP contribution is 2.29. The van der Waals surface area contributed by atoms with E-state index < -0.39 is 0 Å². The number of amidine groups is 1. The molecule has 0 saturated carbocycles. The van der Waals surface area contributed by atoms with Gasteiger partial charge in [0, 0.05) is 17.7 Å². The van der Waals surface area contributed by atoms with Crippen molar-refractivity contribution >= 4 is 17.6 Å². The molecule has 0 amide bonds. The van der Waals surface area contributed by atoms with E-state index in [4.69, 9.17) is 10.9 Å². The summed E-state index contributed by atoms with van der Waals surface area (Å²) >= 11 is 1.94. The average Bonchev–Trinajstić information content (AvgIpc) is 2.34. The first kappa shape index (κ1) is 15.6. The van der Waals surface area contributed by atoms with Crippen LogP contribution in [0, 0.1) is 0 Å². The van der Waals surface area contributed by atoms with Gasteiger partial charge >= 0.3 is 0 Å². The van der Waals surface area contributed by atoms with Crippen LogP contribution in [-0.2, 0) is 0 Å². The Morgan fingerprint density at radius 2 is 2.06 bits per heavy atom. The minimum absolute atomic E-state index is 0.309. The predicted molar refractivity (Wildman–Crippen MR) is 72.3 cm³/mol. The van der Waals surface area contributed by atoms with E-state index in [1.807, 2.05) is 11.8 Å². The molecule has 0 fully saturated rings. The van der Waals surface area contributed by atoms with Crippen LogP contribution in [0.25, 0.3) is 0 Å². The third-order valence-corrected chi connectivity index (χ3v) is 4.67. The molecular weight excluding hydrogens is 222 g/mol. The van der Waals surface area contributed by atoms with Crippen molar-refractivity contribution in [3.05, 3.63) is 0 Å². The summed E-state index contributed by atoms with van der Waals surface area (Å²) in [5, 5.41) is 14.8. The van der Waals surface area contributed by atoms with Gasteiger partial charge in [-0.05, 0) is 32.1 Å². The topological polar surface area (TPSA) is 70.6 Å². The Labute approximate surface area is 103 Å². The summed E-state index contributed by atoms with van der Waals surface area (Å²) in [5.41, 5.74) is 5.39. The van der Waals surface area contributed by atoms with Crippen molar-refractivity contribution in [1.82, 2.24) is 5.32 Å². The van der Waals surface area contributed by atoms with Crippen LogP contribution in [-0.4, -0.2) is 35.1 Å². The van der Waals surface area contributed by atoms with E-state index >= 15 is 0 Å². The summed E-state index contributed by atoms with van der Waals surface area (Å²) in [7, 11) is 0. The summed E-state index contributed by atoms with van der Waals surface area (Å²) in [6.07, 6.45) is 6.09. The van der Waals surface area contributed by atoms with Crippen molar-refractivity contribution in [2.75, 3.05) is 19.3 Å². The molecule has 4 N–H and O–H groups in total. The van der Waals surface area contributed by atoms with Crippen molar-refractivity contribution in [3.8, 4) is 0 Å². The molecule has 0 bridgehead atoms. The molecule has 0 spiro atoms. The molecule has 0 aliphatic heterocycles. The molecule has 0 aromatic heterocycles. The van der Waals surface area contributed by atoms with E-state index in [-0.39, 0.29) is 0 Å². The molecule has 5 heteroatoms. The Hall–Kier alpha value is -0.420. The van der Waals surface area contributed by atoms with Crippen molar-refractivity contribution in [2.45, 2.75) is 44.3 Å². The standard InChI is InChI=1S/C11H25N3OS/c1-4-11(5-2,16-3)9-13-8-6-7-10(12)14-15/h13,15H,4-9H2,1-3H3,(H2,12,14). The van der Waals surface area contributed by atoms with E-state index in [0.29, 0.717) is 17.0 Å². The van der Waals surface area contributed by atoms with E-state index in [1.165, 1.54) is 12.8 Å². The molecule has 0 radical (unpaired) electrons. The highest BCUT2D eigenvalue weighted by molar-refractivity contribution is 8.00. The number of nitrogens with zero attached hydrogens (tertiary/aromatic N) is 1. The molecule has 0 aromatic rings. The minimum atomic E-state index is 0.309. The van der Waals surface area contributed by atoms with Gasteiger partial charge in [-0.2, -0.15) is 11.8 Å². The first-order valence-electron chi connectivity index (χ1n) is 5.86. The summed E-state index contributed by atoms with van der Waals surface area (Å²) < 4.78 is 0.358. The van der Waals surface area contributed by atoms with E-state index in [2.05, 4.69) is 30.6 Å². The van der Waals surface area contributed by atoms with Gasteiger partial charge in [0.25, 0.3) is 0 Å². The molecule has 0 rings (SSSR count). The monoisotopic (exact) mass is 247 g/mol. The Morgan fingerprint density at radius 1 is 1.44 bits per heavy atom. The third kappa shape index (κ3) is 5.61. The maximum atomic E-state index is 8.37. The summed E-state index contributed by atoms with van der Waals surface area (Å²) in [4.78, 5) is 0. The van der Waals surface area contributed by atoms with Crippen molar-refractivity contribution < 1.29 is 5.21 Å². The molecular formula is C11H25N3OS. The Bertz CT molecular complexity index is 197. The molecule has 0 unspecified atom stereocenters. The molecule has 96 valence electrons. The van der Waals surface area contributed by atoms with Crippen LogP contribution in [0.3, 0.4) is 0 Å². The molecule has 0 aromatic carbocycles. The van der Waals surface area contributed by atoms with Crippen LogP contribution >= 0.6 is 11.8 Å². The minimum Gasteiger partial charge on any atom is -0.409 e. The predicted octanol–water partition coefficient (Wildman–Crippen LogP) is 2.02. The average molecular weight is 247 g/mol. The highest BCUT2D eigenvalue weighted by atomic mass is 32.2. The van der Waals surface area contributed by atoms with Crippen molar-refractivity contribution in [1.29, 1.82) is 0 Å². The molecule has 0 heterocycles. The zero-order chi connectivity index (χ0) is 12.4. The largest absolute Gasteiger partial charge is 0.409 e. The molecule has 0 atom stereocenters.